The van der Waals surface area contributed by atoms with E-state index >= 15 is 0 Å². The Morgan fingerprint density at radius 3 is 2.43 bits per heavy atom. The highest BCUT2D eigenvalue weighted by molar-refractivity contribution is 5.55. The van der Waals surface area contributed by atoms with Crippen LogP contribution in [0.1, 0.15) is 25.0 Å². The molecule has 1 aromatic carbocycles. The van der Waals surface area contributed by atoms with Gasteiger partial charge in [-0.1, -0.05) is 13.8 Å². The van der Waals surface area contributed by atoms with Crippen molar-refractivity contribution >= 4 is 5.69 Å². The first kappa shape index (κ1) is 17.8. The van der Waals surface area contributed by atoms with Crippen LogP contribution in [0.3, 0.4) is 0 Å². The number of hydrogen-bond acceptors (Lipinski definition) is 3. The molecule has 0 amide bonds. The summed E-state index contributed by atoms with van der Waals surface area (Å²) in [4.78, 5) is 2.02. The molecule has 0 saturated heterocycles. The molecule has 120 valence electrons. The van der Waals surface area contributed by atoms with Gasteiger partial charge >= 0.3 is 6.18 Å². The molecule has 0 atom stereocenters. The van der Waals surface area contributed by atoms with Gasteiger partial charge in [0.1, 0.15) is 0 Å². The Kier molecular flexibility index (Phi) is 6.48. The van der Waals surface area contributed by atoms with Crippen LogP contribution in [-0.2, 0) is 17.5 Å². The summed E-state index contributed by atoms with van der Waals surface area (Å²) in [5.74, 6) is 0.384. The molecule has 0 unspecified atom stereocenters. The van der Waals surface area contributed by atoms with Crippen LogP contribution < -0.4 is 10.6 Å². The number of rotatable bonds is 7. The summed E-state index contributed by atoms with van der Waals surface area (Å²) < 4.78 is 43.4. The number of anilines is 1. The van der Waals surface area contributed by atoms with Gasteiger partial charge in [-0.05, 0) is 29.7 Å². The average molecular weight is 304 g/mol. The van der Waals surface area contributed by atoms with Crippen molar-refractivity contribution in [3.8, 4) is 0 Å². The number of nitrogens with two attached hydrogens (primary N) is 1. The summed E-state index contributed by atoms with van der Waals surface area (Å²) in [6.45, 7) is 6.06. The molecule has 0 fully saturated rings. The Labute approximate surface area is 123 Å². The second-order valence-electron chi connectivity index (χ2n) is 5.38. The SMILES string of the molecule is COCCN(CC(C)C)c1ccc(C(F)(F)F)cc1CN. The summed E-state index contributed by atoms with van der Waals surface area (Å²) in [7, 11) is 1.60. The minimum Gasteiger partial charge on any atom is -0.383 e. The quantitative estimate of drug-likeness (QED) is 0.840. The van der Waals surface area contributed by atoms with Gasteiger partial charge in [0.15, 0.2) is 0 Å². The van der Waals surface area contributed by atoms with Gasteiger partial charge in [0, 0.05) is 32.4 Å². The van der Waals surface area contributed by atoms with E-state index < -0.39 is 11.7 Å². The third-order valence-electron chi connectivity index (χ3n) is 3.12. The second kappa shape index (κ2) is 7.66. The van der Waals surface area contributed by atoms with E-state index in [4.69, 9.17) is 10.5 Å². The van der Waals surface area contributed by atoms with Crippen molar-refractivity contribution in [1.29, 1.82) is 0 Å². The molecule has 0 bridgehead atoms. The molecule has 0 aliphatic carbocycles. The van der Waals surface area contributed by atoms with Crippen LogP contribution >= 0.6 is 0 Å². The van der Waals surface area contributed by atoms with Crippen LogP contribution in [0.5, 0.6) is 0 Å². The van der Waals surface area contributed by atoms with E-state index in [1.165, 1.54) is 6.07 Å². The van der Waals surface area contributed by atoms with Gasteiger partial charge in [-0.25, -0.2) is 0 Å². The number of benzene rings is 1. The molecule has 3 nitrogen and oxygen atoms in total. The van der Waals surface area contributed by atoms with Crippen LogP contribution in [-0.4, -0.2) is 26.8 Å². The molecule has 0 spiro atoms. The highest BCUT2D eigenvalue weighted by Gasteiger charge is 2.31. The summed E-state index contributed by atoms with van der Waals surface area (Å²) in [5.41, 5.74) is 6.22. The van der Waals surface area contributed by atoms with Crippen molar-refractivity contribution in [3.05, 3.63) is 29.3 Å². The molecule has 6 heteroatoms. The van der Waals surface area contributed by atoms with E-state index in [2.05, 4.69) is 13.8 Å². The average Bonchev–Trinajstić information content (AvgIpc) is 2.41. The van der Waals surface area contributed by atoms with Gasteiger partial charge in [0.25, 0.3) is 0 Å². The predicted molar refractivity (Wildman–Crippen MR) is 78.3 cm³/mol. The van der Waals surface area contributed by atoms with E-state index in [1.54, 1.807) is 7.11 Å². The number of alkyl halides is 3. The maximum absolute atomic E-state index is 12.8. The Hall–Kier alpha value is -1.27. The fraction of sp³-hybridized carbons (Fsp3) is 0.600. The van der Waals surface area contributed by atoms with Crippen LogP contribution in [0.2, 0.25) is 0 Å². The molecule has 0 saturated carbocycles. The molecule has 0 aliphatic heterocycles. The molecule has 2 N–H and O–H groups in total. The molecule has 1 aromatic rings. The normalized spacial score (nSPS) is 12.0. The first-order valence-electron chi connectivity index (χ1n) is 6.93. The first-order valence-corrected chi connectivity index (χ1v) is 6.93. The fourth-order valence-electron chi connectivity index (χ4n) is 2.19. The Morgan fingerprint density at radius 2 is 1.95 bits per heavy atom. The number of ether oxygens (including phenoxy) is 1. The number of nitrogens with zero attached hydrogens (tertiary/aromatic N) is 1. The third-order valence-corrected chi connectivity index (χ3v) is 3.12. The summed E-state index contributed by atoms with van der Waals surface area (Å²) in [5, 5.41) is 0. The monoisotopic (exact) mass is 304 g/mol. The zero-order chi connectivity index (χ0) is 16.0. The lowest BCUT2D eigenvalue weighted by Crippen LogP contribution is -2.32. The molecule has 0 aromatic heterocycles. The van der Waals surface area contributed by atoms with Gasteiger partial charge in [0.2, 0.25) is 0 Å². The Balaban J connectivity index is 3.11. The summed E-state index contributed by atoms with van der Waals surface area (Å²) in [6.07, 6.45) is -4.35. The van der Waals surface area contributed by atoms with E-state index in [9.17, 15) is 13.2 Å². The highest BCUT2D eigenvalue weighted by Crippen LogP contribution is 2.33. The molecule has 0 aliphatic rings. The molecular weight excluding hydrogens is 281 g/mol. The number of hydrogen-bond donors (Lipinski definition) is 1. The van der Waals surface area contributed by atoms with E-state index in [1.807, 2.05) is 4.90 Å². The van der Waals surface area contributed by atoms with Gasteiger partial charge in [0.05, 0.1) is 12.2 Å². The van der Waals surface area contributed by atoms with E-state index in [0.717, 1.165) is 24.4 Å². The van der Waals surface area contributed by atoms with Crippen molar-refractivity contribution in [2.45, 2.75) is 26.6 Å². The smallest absolute Gasteiger partial charge is 0.383 e. The molecule has 1 rings (SSSR count). The van der Waals surface area contributed by atoms with Crippen LogP contribution in [0.25, 0.3) is 0 Å². The molecular formula is C15H23F3N2O. The van der Waals surface area contributed by atoms with Crippen molar-refractivity contribution in [3.63, 3.8) is 0 Å². The molecule has 0 radical (unpaired) electrons. The Morgan fingerprint density at radius 1 is 1.29 bits per heavy atom. The first-order chi connectivity index (χ1) is 9.79. The number of halogens is 3. The standard InChI is InChI=1S/C15H23F3N2O/c1-11(2)10-20(6-7-21-3)14-5-4-13(15(16,17)18)8-12(14)9-19/h4-5,8,11H,6-7,9-10,19H2,1-3H3. The van der Waals surface area contributed by atoms with Gasteiger partial charge < -0.3 is 15.4 Å². The van der Waals surface area contributed by atoms with Crippen molar-refractivity contribution in [2.75, 3.05) is 31.7 Å². The fourth-order valence-corrected chi connectivity index (χ4v) is 2.19. The minimum absolute atomic E-state index is 0.0703. The molecule has 0 heterocycles. The van der Waals surface area contributed by atoms with Gasteiger partial charge in [-0.15, -0.1) is 0 Å². The van der Waals surface area contributed by atoms with Crippen LogP contribution in [0.15, 0.2) is 18.2 Å². The Bertz CT molecular complexity index is 447. The minimum atomic E-state index is -4.35. The summed E-state index contributed by atoms with van der Waals surface area (Å²) >= 11 is 0. The zero-order valence-corrected chi connectivity index (χ0v) is 12.7. The lowest BCUT2D eigenvalue weighted by Gasteiger charge is -2.29. The van der Waals surface area contributed by atoms with Gasteiger partial charge in [-0.3, -0.25) is 0 Å². The van der Waals surface area contributed by atoms with E-state index in [-0.39, 0.29) is 6.54 Å². The summed E-state index contributed by atoms with van der Waals surface area (Å²) in [6, 6.07) is 3.74. The maximum Gasteiger partial charge on any atom is 0.416 e. The van der Waals surface area contributed by atoms with E-state index in [0.29, 0.717) is 24.6 Å². The van der Waals surface area contributed by atoms with Crippen molar-refractivity contribution in [1.82, 2.24) is 0 Å². The predicted octanol–water partition coefficient (Wildman–Crippen LogP) is 3.27. The lowest BCUT2D eigenvalue weighted by molar-refractivity contribution is -0.137. The largest absolute Gasteiger partial charge is 0.416 e. The lowest BCUT2D eigenvalue weighted by atomic mass is 10.1. The van der Waals surface area contributed by atoms with Crippen molar-refractivity contribution < 1.29 is 17.9 Å². The second-order valence-corrected chi connectivity index (χ2v) is 5.38. The van der Waals surface area contributed by atoms with Crippen LogP contribution in [0, 0.1) is 5.92 Å². The molecule has 21 heavy (non-hydrogen) atoms. The third kappa shape index (κ3) is 5.21. The highest BCUT2D eigenvalue weighted by atomic mass is 19.4. The maximum atomic E-state index is 12.8. The van der Waals surface area contributed by atoms with Gasteiger partial charge in [-0.2, -0.15) is 13.2 Å². The topological polar surface area (TPSA) is 38.5 Å². The number of methoxy groups -OCH3 is 1. The van der Waals surface area contributed by atoms with Crippen molar-refractivity contribution in [2.24, 2.45) is 11.7 Å². The van der Waals surface area contributed by atoms with Crippen LogP contribution in [0.4, 0.5) is 18.9 Å². The zero-order valence-electron chi connectivity index (χ0n) is 12.7.